The molecule has 0 saturated heterocycles. The Labute approximate surface area is 89.7 Å². The Balaban J connectivity index is 2.26. The summed E-state index contributed by atoms with van der Waals surface area (Å²) in [7, 11) is 0. The van der Waals surface area contributed by atoms with Crippen LogP contribution in [-0.4, -0.2) is 6.16 Å². The molecule has 0 spiro atoms. The third-order valence-electron chi connectivity index (χ3n) is 2.66. The van der Waals surface area contributed by atoms with Gasteiger partial charge < -0.3 is 0 Å². The number of hydrogen-bond acceptors (Lipinski definition) is 0. The van der Waals surface area contributed by atoms with Crippen LogP contribution < -0.4 is 0 Å². The van der Waals surface area contributed by atoms with E-state index in [1.807, 2.05) is 0 Å². The molecule has 0 aromatic carbocycles. The summed E-state index contributed by atoms with van der Waals surface area (Å²) in [4.78, 5) is 0. The second-order valence-electron chi connectivity index (χ2n) is 3.95. The van der Waals surface area contributed by atoms with Crippen LogP contribution in [0.2, 0.25) is 0 Å². The molecule has 0 aromatic heterocycles. The van der Waals surface area contributed by atoms with E-state index in [-0.39, 0.29) is 0 Å². The van der Waals surface area contributed by atoms with Crippen LogP contribution >= 0.6 is 39.0 Å². The van der Waals surface area contributed by atoms with Crippen molar-refractivity contribution in [2.75, 3.05) is 6.16 Å². The van der Waals surface area contributed by atoms with Crippen LogP contribution in [0, 0.1) is 11.8 Å². The van der Waals surface area contributed by atoms with Crippen LogP contribution in [0.25, 0.3) is 0 Å². The monoisotopic (exact) mass is 248 g/mol. The molecule has 4 heteroatoms. The van der Waals surface area contributed by atoms with Gasteiger partial charge >= 0.3 is 89.6 Å². The molecule has 0 bridgehead atoms. The molecule has 1 fully saturated rings. The van der Waals surface area contributed by atoms with Crippen LogP contribution in [0.3, 0.4) is 0 Å². The van der Waals surface area contributed by atoms with Crippen molar-refractivity contribution in [3.8, 4) is 0 Å². The molecular formula is C8H16Cl3P. The standard InChI is InChI=1S/C8H16Cl3P/c1-7-2-4-8(5-3-7)6-12(9,10)11/h7-8,12H,2-6H2,1H3. The van der Waals surface area contributed by atoms with Gasteiger partial charge in [0, 0.05) is 0 Å². The number of hydrogen-bond donors (Lipinski definition) is 0. The van der Waals surface area contributed by atoms with E-state index in [9.17, 15) is 0 Å². The third kappa shape index (κ3) is 4.51. The van der Waals surface area contributed by atoms with Gasteiger partial charge in [-0.05, 0) is 0 Å². The van der Waals surface area contributed by atoms with Gasteiger partial charge in [0.15, 0.2) is 0 Å². The van der Waals surface area contributed by atoms with E-state index < -0.39 is 5.32 Å². The first kappa shape index (κ1) is 11.4. The molecule has 0 unspecified atom stereocenters. The Bertz CT molecular complexity index is 136. The minimum absolute atomic E-state index is 0.695. The molecule has 12 heavy (non-hydrogen) atoms. The van der Waals surface area contributed by atoms with E-state index in [2.05, 4.69) is 6.92 Å². The molecule has 1 rings (SSSR count). The first-order chi connectivity index (χ1) is 5.47. The summed E-state index contributed by atoms with van der Waals surface area (Å²) < 4.78 is 0. The SMILES string of the molecule is CC1CCC(C[PH](Cl)(Cl)Cl)CC1. The summed E-state index contributed by atoms with van der Waals surface area (Å²) in [5.74, 6) is 1.58. The zero-order valence-electron chi connectivity index (χ0n) is 7.32. The van der Waals surface area contributed by atoms with Crippen LogP contribution in [0.15, 0.2) is 0 Å². The van der Waals surface area contributed by atoms with E-state index in [1.165, 1.54) is 25.7 Å². The minimum atomic E-state index is -2.35. The fourth-order valence-electron chi connectivity index (χ4n) is 1.86. The van der Waals surface area contributed by atoms with Crippen LogP contribution in [0.4, 0.5) is 0 Å². The van der Waals surface area contributed by atoms with Gasteiger partial charge in [-0.3, -0.25) is 0 Å². The van der Waals surface area contributed by atoms with Crippen molar-refractivity contribution in [2.24, 2.45) is 11.8 Å². The number of halogens is 3. The molecule has 0 radical (unpaired) electrons. The van der Waals surface area contributed by atoms with Crippen molar-refractivity contribution in [3.63, 3.8) is 0 Å². The number of rotatable bonds is 2. The van der Waals surface area contributed by atoms with Crippen molar-refractivity contribution in [1.29, 1.82) is 0 Å². The molecule has 0 aromatic rings. The molecule has 1 aliphatic carbocycles. The molecule has 0 N–H and O–H groups in total. The predicted octanol–water partition coefficient (Wildman–Crippen LogP) is 5.02. The normalized spacial score (nSPS) is 33.3. The van der Waals surface area contributed by atoms with E-state index >= 15 is 0 Å². The Morgan fingerprint density at radius 2 is 1.58 bits per heavy atom. The van der Waals surface area contributed by atoms with Crippen molar-refractivity contribution in [3.05, 3.63) is 0 Å². The summed E-state index contributed by atoms with van der Waals surface area (Å²) in [6, 6.07) is 0. The first-order valence-electron chi connectivity index (χ1n) is 4.54. The van der Waals surface area contributed by atoms with Gasteiger partial charge in [-0.25, -0.2) is 0 Å². The second kappa shape index (κ2) is 4.69. The van der Waals surface area contributed by atoms with Gasteiger partial charge in [0.2, 0.25) is 0 Å². The van der Waals surface area contributed by atoms with E-state index in [0.717, 1.165) is 12.1 Å². The van der Waals surface area contributed by atoms with Crippen molar-refractivity contribution >= 4 is 39.0 Å². The summed E-state index contributed by atoms with van der Waals surface area (Å²) in [5, 5.41) is -2.35. The Kier molecular flexibility index (Phi) is 4.45. The van der Waals surface area contributed by atoms with E-state index in [1.54, 1.807) is 0 Å². The topological polar surface area (TPSA) is 0 Å². The maximum atomic E-state index is 5.87. The van der Waals surface area contributed by atoms with Crippen molar-refractivity contribution in [2.45, 2.75) is 32.6 Å². The summed E-state index contributed by atoms with van der Waals surface area (Å²) in [6.07, 6.45) is 6.04. The molecule has 1 saturated carbocycles. The Morgan fingerprint density at radius 3 is 2.00 bits per heavy atom. The van der Waals surface area contributed by atoms with E-state index in [0.29, 0.717) is 5.92 Å². The van der Waals surface area contributed by atoms with Gasteiger partial charge in [-0.15, -0.1) is 0 Å². The predicted molar refractivity (Wildman–Crippen MR) is 61.9 cm³/mol. The second-order valence-corrected chi connectivity index (χ2v) is 13.1. The quantitative estimate of drug-likeness (QED) is 0.603. The summed E-state index contributed by atoms with van der Waals surface area (Å²) in [5.41, 5.74) is 0. The molecular weight excluding hydrogens is 233 g/mol. The summed E-state index contributed by atoms with van der Waals surface area (Å²) >= 11 is 17.6. The third-order valence-corrected chi connectivity index (χ3v) is 5.08. The van der Waals surface area contributed by atoms with E-state index in [4.69, 9.17) is 33.7 Å². The molecule has 0 nitrogen and oxygen atoms in total. The molecule has 1 aliphatic rings. The van der Waals surface area contributed by atoms with Crippen LogP contribution in [0.1, 0.15) is 32.6 Å². The molecule has 74 valence electrons. The fraction of sp³-hybridized carbons (Fsp3) is 1.00. The van der Waals surface area contributed by atoms with Crippen molar-refractivity contribution in [1.82, 2.24) is 0 Å². The average Bonchev–Trinajstić information content (AvgIpc) is 1.91. The first-order valence-corrected chi connectivity index (χ1v) is 9.78. The van der Waals surface area contributed by atoms with Gasteiger partial charge in [0.05, 0.1) is 0 Å². The molecule has 0 amide bonds. The average molecular weight is 250 g/mol. The van der Waals surface area contributed by atoms with Gasteiger partial charge in [-0.1, -0.05) is 0 Å². The Morgan fingerprint density at radius 1 is 1.08 bits per heavy atom. The maximum absolute atomic E-state index is 5.87. The fourth-order valence-corrected chi connectivity index (χ4v) is 4.89. The zero-order chi connectivity index (χ0) is 9.19. The van der Waals surface area contributed by atoms with Gasteiger partial charge in [0.1, 0.15) is 0 Å². The zero-order valence-corrected chi connectivity index (χ0v) is 10.6. The molecule has 0 atom stereocenters. The van der Waals surface area contributed by atoms with Gasteiger partial charge in [-0.2, -0.15) is 0 Å². The van der Waals surface area contributed by atoms with Crippen molar-refractivity contribution < 1.29 is 0 Å². The molecule has 0 heterocycles. The van der Waals surface area contributed by atoms with Crippen LogP contribution in [0.5, 0.6) is 0 Å². The Hall–Kier alpha value is 1.30. The molecule has 0 aliphatic heterocycles. The van der Waals surface area contributed by atoms with Crippen LogP contribution in [-0.2, 0) is 0 Å². The summed E-state index contributed by atoms with van der Waals surface area (Å²) in [6.45, 7) is 2.31. The van der Waals surface area contributed by atoms with Gasteiger partial charge in [0.25, 0.3) is 0 Å².